The van der Waals surface area contributed by atoms with Gasteiger partial charge in [-0.2, -0.15) is 0 Å². The van der Waals surface area contributed by atoms with E-state index in [0.717, 1.165) is 16.7 Å². The van der Waals surface area contributed by atoms with Crippen molar-refractivity contribution < 1.29 is 9.13 Å². The molecule has 0 radical (unpaired) electrons. The third-order valence-electron chi connectivity index (χ3n) is 5.39. The number of fused-ring (bicyclic) bond motifs is 1. The van der Waals surface area contributed by atoms with Gasteiger partial charge in [0.1, 0.15) is 17.3 Å². The van der Waals surface area contributed by atoms with Crippen molar-refractivity contribution in [2.75, 3.05) is 36.9 Å². The van der Waals surface area contributed by atoms with Crippen molar-refractivity contribution >= 4 is 17.2 Å². The van der Waals surface area contributed by atoms with E-state index in [0.29, 0.717) is 54.7 Å². The number of aryl methyl sites for hydroxylation is 2. The molecule has 1 aliphatic heterocycles. The summed E-state index contributed by atoms with van der Waals surface area (Å²) in [4.78, 5) is 20.0. The Labute approximate surface area is 162 Å². The van der Waals surface area contributed by atoms with Gasteiger partial charge in [-0.3, -0.25) is 9.20 Å². The maximum atomic E-state index is 13.5. The third kappa shape index (κ3) is 2.92. The lowest BCUT2D eigenvalue weighted by molar-refractivity contribution is 0.122. The van der Waals surface area contributed by atoms with Crippen LogP contribution >= 0.6 is 0 Å². The number of nitrogens with zero attached hydrogens (tertiary/aromatic N) is 3. The Morgan fingerprint density at radius 3 is 2.50 bits per heavy atom. The van der Waals surface area contributed by atoms with Gasteiger partial charge < -0.3 is 15.4 Å². The van der Waals surface area contributed by atoms with Crippen LogP contribution in [0.25, 0.3) is 16.8 Å². The van der Waals surface area contributed by atoms with E-state index in [4.69, 9.17) is 15.5 Å². The van der Waals surface area contributed by atoms with Crippen molar-refractivity contribution in [3.05, 3.63) is 57.3 Å². The average molecular weight is 382 g/mol. The normalized spacial score (nSPS) is 14.6. The number of hydrogen-bond donors (Lipinski definition) is 1. The van der Waals surface area contributed by atoms with Crippen LogP contribution in [-0.2, 0) is 4.74 Å². The first-order valence-electron chi connectivity index (χ1n) is 9.30. The van der Waals surface area contributed by atoms with Crippen LogP contribution in [0.15, 0.2) is 29.1 Å². The van der Waals surface area contributed by atoms with Gasteiger partial charge in [0.05, 0.1) is 24.5 Å². The Morgan fingerprint density at radius 2 is 1.82 bits per heavy atom. The lowest BCUT2D eigenvalue weighted by atomic mass is 9.98. The molecule has 2 N–H and O–H groups in total. The molecule has 0 unspecified atom stereocenters. The zero-order valence-corrected chi connectivity index (χ0v) is 16.3. The number of pyridine rings is 1. The molecule has 0 saturated carbocycles. The van der Waals surface area contributed by atoms with Gasteiger partial charge in [-0.1, -0.05) is 6.07 Å². The summed E-state index contributed by atoms with van der Waals surface area (Å²) in [6.07, 6.45) is 0. The molecule has 0 amide bonds. The highest BCUT2D eigenvalue weighted by Gasteiger charge is 2.21. The van der Waals surface area contributed by atoms with Crippen molar-refractivity contribution in [3.63, 3.8) is 0 Å². The highest BCUT2D eigenvalue weighted by atomic mass is 19.1. The minimum Gasteiger partial charge on any atom is -0.397 e. The lowest BCUT2D eigenvalue weighted by Crippen LogP contribution is -2.38. The Hall–Kier alpha value is -2.93. The van der Waals surface area contributed by atoms with E-state index >= 15 is 0 Å². The van der Waals surface area contributed by atoms with E-state index in [9.17, 15) is 9.18 Å². The summed E-state index contributed by atoms with van der Waals surface area (Å²) in [6, 6.07) is 6.41. The summed E-state index contributed by atoms with van der Waals surface area (Å²) in [6.45, 7) is 8.05. The molecule has 6 nitrogen and oxygen atoms in total. The number of rotatable bonds is 2. The molecule has 2 aromatic heterocycles. The Bertz CT molecular complexity index is 1130. The molecule has 1 fully saturated rings. The van der Waals surface area contributed by atoms with E-state index < -0.39 is 0 Å². The van der Waals surface area contributed by atoms with E-state index in [1.54, 1.807) is 17.4 Å². The van der Waals surface area contributed by atoms with Crippen molar-refractivity contribution in [1.29, 1.82) is 0 Å². The smallest absolute Gasteiger partial charge is 0.263 e. The second-order valence-electron chi connectivity index (χ2n) is 7.17. The number of anilines is 2. The molecule has 7 heteroatoms. The Balaban J connectivity index is 1.98. The quantitative estimate of drug-likeness (QED) is 0.738. The summed E-state index contributed by atoms with van der Waals surface area (Å²) in [5.41, 5.74) is 10.8. The van der Waals surface area contributed by atoms with Crippen LogP contribution in [0.2, 0.25) is 0 Å². The van der Waals surface area contributed by atoms with Crippen molar-refractivity contribution in [1.82, 2.24) is 9.38 Å². The van der Waals surface area contributed by atoms with Gasteiger partial charge in [-0.25, -0.2) is 9.37 Å². The van der Waals surface area contributed by atoms with Crippen LogP contribution in [0, 0.1) is 26.6 Å². The first-order chi connectivity index (χ1) is 13.4. The number of hydrogen-bond acceptors (Lipinski definition) is 5. The zero-order chi connectivity index (χ0) is 20.0. The topological polar surface area (TPSA) is 72.9 Å². The number of halogens is 1. The molecule has 28 heavy (non-hydrogen) atoms. The number of morpholine rings is 1. The second kappa shape index (κ2) is 6.91. The van der Waals surface area contributed by atoms with Crippen LogP contribution < -0.4 is 16.2 Å². The van der Waals surface area contributed by atoms with Gasteiger partial charge in [-0.05, 0) is 50.1 Å². The van der Waals surface area contributed by atoms with Gasteiger partial charge >= 0.3 is 0 Å². The zero-order valence-electron chi connectivity index (χ0n) is 16.3. The number of benzene rings is 1. The number of aromatic nitrogens is 2. The molecule has 4 rings (SSSR count). The fourth-order valence-corrected chi connectivity index (χ4v) is 3.79. The van der Waals surface area contributed by atoms with Crippen molar-refractivity contribution in [2.45, 2.75) is 20.8 Å². The van der Waals surface area contributed by atoms with Crippen LogP contribution in [0.4, 0.5) is 15.9 Å². The molecule has 3 aromatic rings. The van der Waals surface area contributed by atoms with Crippen LogP contribution in [0.1, 0.15) is 16.8 Å². The number of nitrogen functional groups attached to an aromatic ring is 1. The Morgan fingerprint density at radius 1 is 1.11 bits per heavy atom. The predicted molar refractivity (Wildman–Crippen MR) is 109 cm³/mol. The first kappa shape index (κ1) is 18.4. The molecule has 0 aliphatic carbocycles. The van der Waals surface area contributed by atoms with E-state index in [1.165, 1.54) is 12.1 Å². The minimum atomic E-state index is -0.295. The maximum absolute atomic E-state index is 13.5. The molecule has 1 aliphatic rings. The molecular formula is C21H23FN4O2. The van der Waals surface area contributed by atoms with Crippen molar-refractivity contribution in [2.24, 2.45) is 0 Å². The van der Waals surface area contributed by atoms with Crippen LogP contribution in [0.3, 0.4) is 0 Å². The van der Waals surface area contributed by atoms with Gasteiger partial charge in [0.15, 0.2) is 0 Å². The average Bonchev–Trinajstić information content (AvgIpc) is 2.68. The maximum Gasteiger partial charge on any atom is 0.263 e. The molecule has 1 aromatic carbocycles. The summed E-state index contributed by atoms with van der Waals surface area (Å²) in [5.74, 6) is 0.385. The lowest BCUT2D eigenvalue weighted by Gasteiger charge is -2.29. The van der Waals surface area contributed by atoms with Gasteiger partial charge in [0, 0.05) is 24.3 Å². The van der Waals surface area contributed by atoms with Gasteiger partial charge in [0.25, 0.3) is 5.56 Å². The molecule has 0 spiro atoms. The molecular weight excluding hydrogens is 359 g/mol. The van der Waals surface area contributed by atoms with E-state index in [1.807, 2.05) is 19.9 Å². The number of nitrogens with two attached hydrogens (primary N) is 1. The minimum absolute atomic E-state index is 0.127. The fourth-order valence-electron chi connectivity index (χ4n) is 3.79. The van der Waals surface area contributed by atoms with Crippen molar-refractivity contribution in [3.8, 4) is 11.1 Å². The van der Waals surface area contributed by atoms with E-state index in [-0.39, 0.29) is 11.4 Å². The predicted octanol–water partition coefficient (Wildman–Crippen LogP) is 2.84. The SMILES string of the molecule is Cc1cc(F)ccc1-c1cc2nc(N3CCOCC3)c(C)c(=O)n2c(C)c1N. The third-order valence-corrected chi connectivity index (χ3v) is 5.39. The first-order valence-corrected chi connectivity index (χ1v) is 9.30. The summed E-state index contributed by atoms with van der Waals surface area (Å²) >= 11 is 0. The summed E-state index contributed by atoms with van der Waals surface area (Å²) in [5, 5.41) is 0. The van der Waals surface area contributed by atoms with Crippen LogP contribution in [0.5, 0.6) is 0 Å². The molecule has 0 atom stereocenters. The van der Waals surface area contributed by atoms with Gasteiger partial charge in [-0.15, -0.1) is 0 Å². The highest BCUT2D eigenvalue weighted by molar-refractivity contribution is 5.83. The van der Waals surface area contributed by atoms with E-state index in [2.05, 4.69) is 4.90 Å². The standard InChI is InChI=1S/C21H23FN4O2/c1-12-10-15(22)4-5-16(12)17-11-18-24-20(25-6-8-28-9-7-25)13(2)21(27)26(18)14(3)19(17)23/h4-5,10-11H,6-9,23H2,1-3H3. The van der Waals surface area contributed by atoms with Gasteiger partial charge in [0.2, 0.25) is 0 Å². The fraction of sp³-hybridized carbons (Fsp3) is 0.333. The molecule has 1 saturated heterocycles. The summed E-state index contributed by atoms with van der Waals surface area (Å²) < 4.78 is 20.5. The summed E-state index contributed by atoms with van der Waals surface area (Å²) in [7, 11) is 0. The number of ether oxygens (including phenoxy) is 1. The van der Waals surface area contributed by atoms with Crippen LogP contribution in [-0.4, -0.2) is 35.7 Å². The molecule has 3 heterocycles. The Kier molecular flexibility index (Phi) is 4.55. The largest absolute Gasteiger partial charge is 0.397 e. The second-order valence-corrected chi connectivity index (χ2v) is 7.17. The monoisotopic (exact) mass is 382 g/mol. The highest BCUT2D eigenvalue weighted by Crippen LogP contribution is 2.32. The molecule has 0 bridgehead atoms. The molecule has 146 valence electrons.